The van der Waals surface area contributed by atoms with Crippen LogP contribution in [0.2, 0.25) is 5.02 Å². The fraction of sp³-hybridized carbons (Fsp3) is 0.333. The summed E-state index contributed by atoms with van der Waals surface area (Å²) >= 11 is 13.4. The van der Waals surface area contributed by atoms with E-state index in [4.69, 9.17) is 27.7 Å². The van der Waals surface area contributed by atoms with Crippen LogP contribution in [0.5, 0.6) is 0 Å². The Labute approximate surface area is 119 Å². The molecule has 0 saturated carbocycles. The molecule has 3 nitrogen and oxygen atoms in total. The summed E-state index contributed by atoms with van der Waals surface area (Å²) in [5.74, 6) is 1.49. The van der Waals surface area contributed by atoms with Crippen LogP contribution < -0.4 is 0 Å². The Hall–Kier alpha value is -0.710. The number of benzene rings is 1. The van der Waals surface area contributed by atoms with Crippen LogP contribution in [0.15, 0.2) is 28.8 Å². The highest BCUT2D eigenvalue weighted by atomic mass is 35.5. The molecule has 18 heavy (non-hydrogen) atoms. The van der Waals surface area contributed by atoms with Crippen molar-refractivity contribution < 1.29 is 4.52 Å². The van der Waals surface area contributed by atoms with E-state index in [1.807, 2.05) is 23.9 Å². The van der Waals surface area contributed by atoms with Gasteiger partial charge in [-0.15, -0.1) is 23.4 Å². The van der Waals surface area contributed by atoms with Gasteiger partial charge in [0.15, 0.2) is 5.82 Å². The molecule has 1 aliphatic heterocycles. The quantitative estimate of drug-likeness (QED) is 0.635. The molecule has 94 valence electrons. The average molecular weight is 301 g/mol. The minimum Gasteiger partial charge on any atom is -0.338 e. The zero-order valence-corrected chi connectivity index (χ0v) is 11.7. The van der Waals surface area contributed by atoms with Crippen molar-refractivity contribution in [3.05, 3.63) is 46.6 Å². The molecule has 1 fully saturated rings. The minimum absolute atomic E-state index is 0.269. The Morgan fingerprint density at radius 3 is 2.72 bits per heavy atom. The first-order valence-electron chi connectivity index (χ1n) is 5.54. The van der Waals surface area contributed by atoms with Gasteiger partial charge in [0.2, 0.25) is 5.89 Å². The number of aromatic nitrogens is 2. The zero-order chi connectivity index (χ0) is 12.5. The molecule has 3 rings (SSSR count). The van der Waals surface area contributed by atoms with Crippen molar-refractivity contribution in [2.75, 3.05) is 0 Å². The topological polar surface area (TPSA) is 38.9 Å². The van der Waals surface area contributed by atoms with Gasteiger partial charge in [-0.25, -0.2) is 0 Å². The first-order chi connectivity index (χ1) is 8.76. The molecule has 0 bridgehead atoms. The lowest BCUT2D eigenvalue weighted by Crippen LogP contribution is -1.97. The number of hydrogen-bond acceptors (Lipinski definition) is 4. The number of alkyl halides is 1. The van der Waals surface area contributed by atoms with E-state index in [0.29, 0.717) is 16.4 Å². The van der Waals surface area contributed by atoms with Crippen LogP contribution in [0, 0.1) is 0 Å². The number of nitrogens with zero attached hydrogens (tertiary/aromatic N) is 2. The Bertz CT molecular complexity index is 543. The van der Waals surface area contributed by atoms with E-state index in [1.165, 1.54) is 5.56 Å². The number of hydrogen-bond donors (Lipinski definition) is 0. The van der Waals surface area contributed by atoms with E-state index in [9.17, 15) is 0 Å². The Balaban J connectivity index is 1.62. The molecule has 0 amide bonds. The van der Waals surface area contributed by atoms with Crippen LogP contribution >= 0.6 is 35.0 Å². The van der Waals surface area contributed by atoms with Gasteiger partial charge < -0.3 is 4.52 Å². The molecule has 2 aromatic rings. The second-order valence-corrected chi connectivity index (χ2v) is 6.18. The lowest BCUT2D eigenvalue weighted by molar-refractivity contribution is 0.384. The zero-order valence-electron chi connectivity index (χ0n) is 9.35. The molecule has 6 heteroatoms. The highest BCUT2D eigenvalue weighted by Crippen LogP contribution is 2.56. The molecule has 2 atom stereocenters. The van der Waals surface area contributed by atoms with Crippen LogP contribution in [0.3, 0.4) is 0 Å². The monoisotopic (exact) mass is 300 g/mol. The van der Waals surface area contributed by atoms with Crippen LogP contribution in [0.1, 0.15) is 22.5 Å². The molecule has 1 aliphatic rings. The van der Waals surface area contributed by atoms with Crippen molar-refractivity contribution in [2.45, 2.75) is 22.8 Å². The lowest BCUT2D eigenvalue weighted by atomic mass is 10.1. The maximum Gasteiger partial charge on any atom is 0.241 e. The first-order valence-corrected chi connectivity index (χ1v) is 7.40. The van der Waals surface area contributed by atoms with E-state index in [1.54, 1.807) is 0 Å². The molecular weight excluding hydrogens is 291 g/mol. The third-order valence-corrected chi connectivity index (χ3v) is 4.64. The molecule has 2 unspecified atom stereocenters. The van der Waals surface area contributed by atoms with Crippen LogP contribution in [-0.2, 0) is 12.3 Å². The van der Waals surface area contributed by atoms with Gasteiger partial charge in [-0.1, -0.05) is 28.9 Å². The fourth-order valence-corrected chi connectivity index (χ4v) is 3.18. The summed E-state index contributed by atoms with van der Waals surface area (Å²) in [6.45, 7) is 0. The maximum absolute atomic E-state index is 5.87. The van der Waals surface area contributed by atoms with Gasteiger partial charge in [0, 0.05) is 21.9 Å². The standard InChI is InChI=1S/C12H10Cl2N2OS/c13-6-11-15-10(16-17-11)5-9-12(18-9)7-1-3-8(14)4-2-7/h1-4,9,12H,5-6H2. The molecule has 0 spiro atoms. The van der Waals surface area contributed by atoms with Gasteiger partial charge in [-0.3, -0.25) is 0 Å². The fourth-order valence-electron chi connectivity index (χ4n) is 1.85. The Kier molecular flexibility index (Phi) is 3.50. The number of rotatable bonds is 4. The third-order valence-electron chi connectivity index (χ3n) is 2.79. The Morgan fingerprint density at radius 2 is 2.06 bits per heavy atom. The van der Waals surface area contributed by atoms with E-state index in [-0.39, 0.29) is 5.88 Å². The average Bonchev–Trinajstić information content (AvgIpc) is 2.98. The molecule has 0 N–H and O–H groups in total. The summed E-state index contributed by atoms with van der Waals surface area (Å²) in [6, 6.07) is 7.99. The van der Waals surface area contributed by atoms with Gasteiger partial charge >= 0.3 is 0 Å². The van der Waals surface area contributed by atoms with Crippen molar-refractivity contribution >= 4 is 35.0 Å². The summed E-state index contributed by atoms with van der Waals surface area (Å²) in [7, 11) is 0. The first kappa shape index (κ1) is 12.3. The van der Waals surface area contributed by atoms with Crippen molar-refractivity contribution in [3.8, 4) is 0 Å². The summed E-state index contributed by atoms with van der Waals surface area (Å²) in [6.07, 6.45) is 0.818. The molecular formula is C12H10Cl2N2OS. The lowest BCUT2D eigenvalue weighted by Gasteiger charge is -1.97. The van der Waals surface area contributed by atoms with Crippen molar-refractivity contribution in [3.63, 3.8) is 0 Å². The molecule has 1 aromatic carbocycles. The van der Waals surface area contributed by atoms with Gasteiger partial charge in [0.05, 0.1) is 0 Å². The van der Waals surface area contributed by atoms with Crippen molar-refractivity contribution in [2.24, 2.45) is 0 Å². The van der Waals surface area contributed by atoms with Gasteiger partial charge in [0.1, 0.15) is 5.88 Å². The molecule has 1 saturated heterocycles. The summed E-state index contributed by atoms with van der Waals surface area (Å²) < 4.78 is 4.98. The predicted octanol–water partition coefficient (Wildman–Crippen LogP) is 3.86. The minimum atomic E-state index is 0.269. The predicted molar refractivity (Wildman–Crippen MR) is 73.1 cm³/mol. The van der Waals surface area contributed by atoms with Crippen LogP contribution in [0.4, 0.5) is 0 Å². The second-order valence-electron chi connectivity index (χ2n) is 4.09. The molecule has 1 aromatic heterocycles. The van der Waals surface area contributed by atoms with Gasteiger partial charge in [-0.05, 0) is 17.7 Å². The summed E-state index contributed by atoms with van der Waals surface area (Å²) in [4.78, 5) is 4.21. The molecule has 2 heterocycles. The Morgan fingerprint density at radius 1 is 1.28 bits per heavy atom. The normalized spacial score (nSPS) is 22.1. The molecule has 0 radical (unpaired) electrons. The van der Waals surface area contributed by atoms with Crippen molar-refractivity contribution in [1.29, 1.82) is 0 Å². The van der Waals surface area contributed by atoms with E-state index < -0.39 is 0 Å². The van der Waals surface area contributed by atoms with Crippen LogP contribution in [0.25, 0.3) is 0 Å². The SMILES string of the molecule is ClCc1nc(CC2SC2c2ccc(Cl)cc2)no1. The maximum atomic E-state index is 5.87. The number of thioether (sulfide) groups is 1. The number of halogens is 2. The smallest absolute Gasteiger partial charge is 0.241 e. The van der Waals surface area contributed by atoms with Crippen molar-refractivity contribution in [1.82, 2.24) is 10.1 Å². The van der Waals surface area contributed by atoms with E-state index in [2.05, 4.69) is 22.3 Å². The second kappa shape index (κ2) is 5.11. The van der Waals surface area contributed by atoms with Crippen LogP contribution in [-0.4, -0.2) is 15.4 Å². The van der Waals surface area contributed by atoms with Gasteiger partial charge in [-0.2, -0.15) is 4.98 Å². The highest BCUT2D eigenvalue weighted by molar-refractivity contribution is 8.07. The van der Waals surface area contributed by atoms with E-state index >= 15 is 0 Å². The molecule has 0 aliphatic carbocycles. The largest absolute Gasteiger partial charge is 0.338 e. The summed E-state index contributed by atoms with van der Waals surface area (Å²) in [5, 5.41) is 5.71. The summed E-state index contributed by atoms with van der Waals surface area (Å²) in [5.41, 5.74) is 1.30. The third kappa shape index (κ3) is 2.66. The highest BCUT2D eigenvalue weighted by Gasteiger charge is 2.40. The van der Waals surface area contributed by atoms with Gasteiger partial charge in [0.25, 0.3) is 0 Å². The van der Waals surface area contributed by atoms with E-state index in [0.717, 1.165) is 17.3 Å².